The molecule has 0 heterocycles. The van der Waals surface area contributed by atoms with Crippen LogP contribution in [0.1, 0.15) is 60.9 Å². The average molecular weight is 300 g/mol. The van der Waals surface area contributed by atoms with Gasteiger partial charge in [-0.15, -0.1) is 0 Å². The molecule has 0 saturated heterocycles. The molecule has 3 heteroatoms. The highest BCUT2D eigenvalue weighted by Crippen LogP contribution is 2.60. The molecule has 1 aromatic rings. The minimum absolute atomic E-state index is 0.0193. The average Bonchev–Trinajstić information content (AvgIpc) is 2.83. The van der Waals surface area contributed by atoms with Gasteiger partial charge in [-0.3, -0.25) is 4.79 Å². The molecule has 4 rings (SSSR count). The van der Waals surface area contributed by atoms with Crippen molar-refractivity contribution < 1.29 is 14.6 Å². The number of carbonyl (C=O) groups excluding carboxylic acids is 1. The molecular formula is C19H24O3. The molecule has 0 unspecified atom stereocenters. The number of rotatable bonds is 1. The zero-order valence-corrected chi connectivity index (χ0v) is 13.3. The second kappa shape index (κ2) is 4.82. The number of hydrogen-bond acceptors (Lipinski definition) is 3. The van der Waals surface area contributed by atoms with Gasteiger partial charge in [0.2, 0.25) is 0 Å². The predicted molar refractivity (Wildman–Crippen MR) is 84.2 cm³/mol. The topological polar surface area (TPSA) is 46.5 Å². The fraction of sp³-hybridized carbons (Fsp3) is 0.632. The summed E-state index contributed by atoms with van der Waals surface area (Å²) in [7, 11) is 1.64. The standard InChI is InChI=1S/C19H24O3/c1-19-8-7-13-12-4-3-11(22-2)9-15(12)17(20)10-14(13)16(19)5-6-18(19)21/h3-4,9,13-14,16,18,21H,5-8,10H2,1-2H3/t13-,14-,16+,18+,19+/m1/s1. The molecule has 0 amide bonds. The summed E-state index contributed by atoms with van der Waals surface area (Å²) in [5.74, 6) is 2.38. The second-order valence-electron chi connectivity index (χ2n) is 7.59. The Morgan fingerprint density at radius 1 is 1.27 bits per heavy atom. The Morgan fingerprint density at radius 2 is 2.09 bits per heavy atom. The molecule has 0 bridgehead atoms. The largest absolute Gasteiger partial charge is 0.497 e. The first-order chi connectivity index (χ1) is 10.5. The van der Waals surface area contributed by atoms with Crippen LogP contribution in [0.3, 0.4) is 0 Å². The van der Waals surface area contributed by atoms with Crippen molar-refractivity contribution in [1.29, 1.82) is 0 Å². The maximum atomic E-state index is 12.7. The number of aliphatic hydroxyl groups excluding tert-OH is 1. The SMILES string of the molecule is COc1ccc2c(c1)C(=O)C[C@@H]1[C@@H]2CC[C@]2(C)[C@@H](O)CC[C@@H]12. The van der Waals surface area contributed by atoms with Crippen LogP contribution in [0.15, 0.2) is 18.2 Å². The highest BCUT2D eigenvalue weighted by Gasteiger charge is 2.55. The monoisotopic (exact) mass is 300 g/mol. The van der Waals surface area contributed by atoms with E-state index in [-0.39, 0.29) is 17.3 Å². The van der Waals surface area contributed by atoms with Gasteiger partial charge in [0.05, 0.1) is 13.2 Å². The summed E-state index contributed by atoms with van der Waals surface area (Å²) in [4.78, 5) is 12.7. The lowest BCUT2D eigenvalue weighted by molar-refractivity contribution is -0.0208. The van der Waals surface area contributed by atoms with E-state index in [2.05, 4.69) is 13.0 Å². The molecule has 118 valence electrons. The summed E-state index contributed by atoms with van der Waals surface area (Å²) in [6.45, 7) is 2.24. The Hall–Kier alpha value is -1.35. The lowest BCUT2D eigenvalue weighted by atomic mass is 9.55. The smallest absolute Gasteiger partial charge is 0.163 e. The van der Waals surface area contributed by atoms with Gasteiger partial charge >= 0.3 is 0 Å². The maximum Gasteiger partial charge on any atom is 0.163 e. The van der Waals surface area contributed by atoms with Crippen LogP contribution < -0.4 is 4.74 Å². The van der Waals surface area contributed by atoms with Gasteiger partial charge in [0, 0.05) is 12.0 Å². The summed E-state index contributed by atoms with van der Waals surface area (Å²) in [5.41, 5.74) is 2.10. The molecule has 0 radical (unpaired) electrons. The third-order valence-electron chi connectivity index (χ3n) is 6.77. The lowest BCUT2D eigenvalue weighted by Crippen LogP contribution is -2.44. The van der Waals surface area contributed by atoms with Crippen LogP contribution >= 0.6 is 0 Å². The van der Waals surface area contributed by atoms with Crippen LogP contribution in [0, 0.1) is 17.3 Å². The van der Waals surface area contributed by atoms with Crippen molar-refractivity contribution in [2.45, 2.75) is 51.0 Å². The van der Waals surface area contributed by atoms with Crippen LogP contribution in [0.25, 0.3) is 0 Å². The number of ketones is 1. The number of aliphatic hydroxyl groups is 1. The van der Waals surface area contributed by atoms with E-state index in [1.165, 1.54) is 5.56 Å². The second-order valence-corrected chi connectivity index (χ2v) is 7.59. The molecule has 2 fully saturated rings. The van der Waals surface area contributed by atoms with Crippen molar-refractivity contribution in [3.05, 3.63) is 29.3 Å². The summed E-state index contributed by atoms with van der Waals surface area (Å²) in [6, 6.07) is 5.98. The fourth-order valence-corrected chi connectivity index (χ4v) is 5.48. The highest BCUT2D eigenvalue weighted by atomic mass is 16.5. The van der Waals surface area contributed by atoms with Gasteiger partial charge in [0.1, 0.15) is 5.75 Å². The van der Waals surface area contributed by atoms with Crippen molar-refractivity contribution >= 4 is 5.78 Å². The van der Waals surface area contributed by atoms with Crippen LogP contribution in [-0.4, -0.2) is 24.1 Å². The summed E-state index contributed by atoms with van der Waals surface area (Å²) >= 11 is 0. The van der Waals surface area contributed by atoms with Gasteiger partial charge < -0.3 is 9.84 Å². The molecule has 3 aliphatic carbocycles. The Labute approximate surface area is 131 Å². The maximum absolute atomic E-state index is 12.7. The number of hydrogen-bond donors (Lipinski definition) is 1. The van der Waals surface area contributed by atoms with E-state index in [0.717, 1.165) is 37.0 Å². The Bertz CT molecular complexity index is 623. The Morgan fingerprint density at radius 3 is 2.86 bits per heavy atom. The zero-order valence-electron chi connectivity index (χ0n) is 13.3. The van der Waals surface area contributed by atoms with Crippen molar-refractivity contribution in [2.24, 2.45) is 17.3 Å². The van der Waals surface area contributed by atoms with Crippen molar-refractivity contribution in [1.82, 2.24) is 0 Å². The predicted octanol–water partition coefficient (Wildman–Crippen LogP) is 3.55. The number of benzene rings is 1. The minimum atomic E-state index is -0.189. The van der Waals surface area contributed by atoms with Crippen LogP contribution in [0.2, 0.25) is 0 Å². The quantitative estimate of drug-likeness (QED) is 0.862. The Balaban J connectivity index is 1.75. The third kappa shape index (κ3) is 1.81. The van der Waals surface area contributed by atoms with Gasteiger partial charge in [-0.25, -0.2) is 0 Å². The molecule has 3 aliphatic rings. The van der Waals surface area contributed by atoms with Crippen molar-refractivity contribution in [3.63, 3.8) is 0 Å². The number of Topliss-reactive ketones (excluding diaryl/α,β-unsaturated/α-hetero) is 1. The van der Waals surface area contributed by atoms with E-state index in [1.807, 2.05) is 12.1 Å². The van der Waals surface area contributed by atoms with Crippen LogP contribution in [0.5, 0.6) is 5.75 Å². The highest BCUT2D eigenvalue weighted by molar-refractivity contribution is 5.99. The van der Waals surface area contributed by atoms with Gasteiger partial charge in [0.15, 0.2) is 5.78 Å². The molecule has 3 nitrogen and oxygen atoms in total. The number of fused-ring (bicyclic) bond motifs is 5. The van der Waals surface area contributed by atoms with Gasteiger partial charge in [-0.05, 0) is 66.5 Å². The summed E-state index contributed by atoms with van der Waals surface area (Å²) in [5, 5.41) is 10.4. The normalized spacial score (nSPS) is 39.9. The first-order valence-corrected chi connectivity index (χ1v) is 8.44. The molecule has 1 N–H and O–H groups in total. The van der Waals surface area contributed by atoms with E-state index in [4.69, 9.17) is 4.74 Å². The molecule has 0 aromatic heterocycles. The van der Waals surface area contributed by atoms with Crippen LogP contribution in [-0.2, 0) is 0 Å². The molecular weight excluding hydrogens is 276 g/mol. The summed E-state index contributed by atoms with van der Waals surface area (Å²) < 4.78 is 5.28. The molecule has 22 heavy (non-hydrogen) atoms. The van der Waals surface area contributed by atoms with E-state index in [9.17, 15) is 9.90 Å². The van der Waals surface area contributed by atoms with E-state index < -0.39 is 0 Å². The molecule has 5 atom stereocenters. The van der Waals surface area contributed by atoms with Gasteiger partial charge in [-0.1, -0.05) is 13.0 Å². The van der Waals surface area contributed by atoms with E-state index in [1.54, 1.807) is 7.11 Å². The van der Waals surface area contributed by atoms with Crippen molar-refractivity contribution in [2.75, 3.05) is 7.11 Å². The number of ether oxygens (including phenoxy) is 1. The van der Waals surface area contributed by atoms with Crippen LogP contribution in [0.4, 0.5) is 0 Å². The van der Waals surface area contributed by atoms with E-state index >= 15 is 0 Å². The van der Waals surface area contributed by atoms with E-state index in [0.29, 0.717) is 24.2 Å². The van der Waals surface area contributed by atoms with Gasteiger partial charge in [-0.2, -0.15) is 0 Å². The zero-order chi connectivity index (χ0) is 15.5. The first-order valence-electron chi connectivity index (χ1n) is 8.44. The first kappa shape index (κ1) is 14.3. The van der Waals surface area contributed by atoms with Gasteiger partial charge in [0.25, 0.3) is 0 Å². The van der Waals surface area contributed by atoms with Crippen molar-refractivity contribution in [3.8, 4) is 5.75 Å². The molecule has 1 aromatic carbocycles. The third-order valence-corrected chi connectivity index (χ3v) is 6.77. The minimum Gasteiger partial charge on any atom is -0.497 e. The molecule has 2 saturated carbocycles. The summed E-state index contributed by atoms with van der Waals surface area (Å²) in [6.07, 6.45) is 4.57. The molecule has 0 spiro atoms. The number of methoxy groups -OCH3 is 1. The molecule has 0 aliphatic heterocycles. The fourth-order valence-electron chi connectivity index (χ4n) is 5.48. The Kier molecular flexibility index (Phi) is 3.12. The number of carbonyl (C=O) groups is 1. The lowest BCUT2D eigenvalue weighted by Gasteiger charge is -2.49.